The quantitative estimate of drug-likeness (QED) is 0.926. The van der Waals surface area contributed by atoms with Crippen LogP contribution in [0, 0.1) is 5.92 Å². The fourth-order valence-corrected chi connectivity index (χ4v) is 2.58. The first kappa shape index (κ1) is 14.8. The van der Waals surface area contributed by atoms with Crippen LogP contribution in [-0.2, 0) is 9.53 Å². The highest BCUT2D eigenvalue weighted by Gasteiger charge is 2.35. The highest BCUT2D eigenvalue weighted by Crippen LogP contribution is 2.21. The molecule has 0 aliphatic carbocycles. The Bertz CT molecular complexity index is 461. The van der Waals surface area contributed by atoms with Crippen LogP contribution < -0.4 is 5.32 Å². The lowest BCUT2D eigenvalue weighted by atomic mass is 10.2. The van der Waals surface area contributed by atoms with Gasteiger partial charge in [-0.2, -0.15) is 0 Å². The minimum Gasteiger partial charge on any atom is -0.449 e. The van der Waals surface area contributed by atoms with Crippen molar-refractivity contribution in [2.45, 2.75) is 32.7 Å². The summed E-state index contributed by atoms with van der Waals surface area (Å²) in [6.45, 7) is 4.89. The monoisotopic (exact) mass is 297 g/mol. The molecule has 0 aromatic carbocycles. The number of ether oxygens (including phenoxy) is 1. The van der Waals surface area contributed by atoms with Crippen molar-refractivity contribution in [3.63, 3.8) is 0 Å². The molecule has 1 saturated heterocycles. The number of aromatic nitrogens is 1. The Morgan fingerprint density at radius 3 is 3.05 bits per heavy atom. The first-order valence-corrected chi connectivity index (χ1v) is 7.59. The van der Waals surface area contributed by atoms with Gasteiger partial charge in [0, 0.05) is 18.1 Å². The second-order valence-corrected chi connectivity index (χ2v) is 6.04. The average molecular weight is 297 g/mol. The summed E-state index contributed by atoms with van der Waals surface area (Å²) in [5, 5.41) is 5.08. The number of likely N-dealkylation sites (tertiary alicyclic amines) is 1. The zero-order valence-corrected chi connectivity index (χ0v) is 12.5. The predicted molar refractivity (Wildman–Crippen MR) is 76.7 cm³/mol. The lowest BCUT2D eigenvalue weighted by Crippen LogP contribution is -2.43. The van der Waals surface area contributed by atoms with E-state index in [0.29, 0.717) is 24.7 Å². The van der Waals surface area contributed by atoms with E-state index in [1.165, 1.54) is 16.2 Å². The van der Waals surface area contributed by atoms with Gasteiger partial charge in [-0.1, -0.05) is 13.8 Å². The summed E-state index contributed by atoms with van der Waals surface area (Å²) in [5.41, 5.74) is 0. The second kappa shape index (κ2) is 6.69. The van der Waals surface area contributed by atoms with E-state index in [4.69, 9.17) is 4.74 Å². The highest BCUT2D eigenvalue weighted by atomic mass is 32.1. The summed E-state index contributed by atoms with van der Waals surface area (Å²) >= 11 is 1.36. The smallest absolute Gasteiger partial charge is 0.410 e. The lowest BCUT2D eigenvalue weighted by molar-refractivity contribution is -0.120. The summed E-state index contributed by atoms with van der Waals surface area (Å²) in [4.78, 5) is 29.7. The van der Waals surface area contributed by atoms with Gasteiger partial charge in [-0.15, -0.1) is 11.3 Å². The van der Waals surface area contributed by atoms with Gasteiger partial charge in [0.05, 0.1) is 6.61 Å². The van der Waals surface area contributed by atoms with Crippen molar-refractivity contribution in [3.8, 4) is 0 Å². The minimum atomic E-state index is -0.460. The van der Waals surface area contributed by atoms with Crippen LogP contribution in [0.2, 0.25) is 0 Å². The van der Waals surface area contributed by atoms with E-state index in [2.05, 4.69) is 10.3 Å². The van der Waals surface area contributed by atoms with Crippen LogP contribution in [0.3, 0.4) is 0 Å². The SMILES string of the molecule is CC(C)COC(=O)N1CCC[C@@H]1C(=O)Nc1nccs1. The maximum atomic E-state index is 12.2. The predicted octanol–water partition coefficient (Wildman–Crippen LogP) is 2.34. The molecule has 110 valence electrons. The van der Waals surface area contributed by atoms with Crippen LogP contribution in [0.25, 0.3) is 0 Å². The molecule has 0 radical (unpaired) electrons. The molecular weight excluding hydrogens is 278 g/mol. The van der Waals surface area contributed by atoms with Gasteiger partial charge in [0.25, 0.3) is 0 Å². The molecular formula is C13H19N3O3S. The number of rotatable bonds is 4. The molecule has 6 nitrogen and oxygen atoms in total. The maximum Gasteiger partial charge on any atom is 0.410 e. The molecule has 2 heterocycles. The van der Waals surface area contributed by atoms with E-state index in [0.717, 1.165) is 6.42 Å². The largest absolute Gasteiger partial charge is 0.449 e. The van der Waals surface area contributed by atoms with Crippen LogP contribution in [-0.4, -0.2) is 41.1 Å². The van der Waals surface area contributed by atoms with Crippen molar-refractivity contribution >= 4 is 28.5 Å². The molecule has 1 aromatic rings. The summed E-state index contributed by atoms with van der Waals surface area (Å²) in [5.74, 6) is 0.0862. The molecule has 0 bridgehead atoms. The van der Waals surface area contributed by atoms with E-state index in [9.17, 15) is 9.59 Å². The molecule has 1 aliphatic rings. The number of hydrogen-bond donors (Lipinski definition) is 1. The Labute approximate surface area is 122 Å². The van der Waals surface area contributed by atoms with Crippen LogP contribution in [0.5, 0.6) is 0 Å². The van der Waals surface area contributed by atoms with Gasteiger partial charge in [0.15, 0.2) is 5.13 Å². The molecule has 2 amide bonds. The molecule has 7 heteroatoms. The van der Waals surface area contributed by atoms with E-state index >= 15 is 0 Å². The fraction of sp³-hybridized carbons (Fsp3) is 0.615. The fourth-order valence-electron chi connectivity index (χ4n) is 2.05. The van der Waals surface area contributed by atoms with Crippen molar-refractivity contribution in [3.05, 3.63) is 11.6 Å². The number of thiazole rings is 1. The number of nitrogens with zero attached hydrogens (tertiary/aromatic N) is 2. The van der Waals surface area contributed by atoms with Gasteiger partial charge < -0.3 is 10.1 Å². The Kier molecular flexibility index (Phi) is 4.94. The maximum absolute atomic E-state index is 12.2. The van der Waals surface area contributed by atoms with E-state index < -0.39 is 12.1 Å². The summed E-state index contributed by atoms with van der Waals surface area (Å²) < 4.78 is 5.20. The van der Waals surface area contributed by atoms with Crippen molar-refractivity contribution < 1.29 is 14.3 Å². The van der Waals surface area contributed by atoms with Gasteiger partial charge >= 0.3 is 6.09 Å². The standard InChI is InChI=1S/C13H19N3O3S/c1-9(2)8-19-13(18)16-6-3-4-10(16)11(17)15-12-14-5-7-20-12/h5,7,9-10H,3-4,6,8H2,1-2H3,(H,14,15,17)/t10-/m1/s1. The van der Waals surface area contributed by atoms with E-state index in [1.54, 1.807) is 11.6 Å². The molecule has 1 fully saturated rings. The molecule has 20 heavy (non-hydrogen) atoms. The third-order valence-electron chi connectivity index (χ3n) is 2.99. The van der Waals surface area contributed by atoms with Crippen LogP contribution in [0.4, 0.5) is 9.93 Å². The number of amides is 2. The average Bonchev–Trinajstić information content (AvgIpc) is 3.05. The highest BCUT2D eigenvalue weighted by molar-refractivity contribution is 7.13. The number of anilines is 1. The van der Waals surface area contributed by atoms with Crippen LogP contribution in [0.15, 0.2) is 11.6 Å². The Hall–Kier alpha value is -1.63. The van der Waals surface area contributed by atoms with E-state index in [1.807, 2.05) is 13.8 Å². The van der Waals surface area contributed by atoms with Gasteiger partial charge in [-0.05, 0) is 18.8 Å². The molecule has 1 N–H and O–H groups in total. The van der Waals surface area contributed by atoms with Gasteiger partial charge in [-0.3, -0.25) is 9.69 Å². The van der Waals surface area contributed by atoms with Crippen molar-refractivity contribution in [1.82, 2.24) is 9.88 Å². The van der Waals surface area contributed by atoms with Crippen LogP contribution >= 0.6 is 11.3 Å². The number of carbonyl (C=O) groups is 2. The minimum absolute atomic E-state index is 0.195. The molecule has 1 aliphatic heterocycles. The number of carbonyl (C=O) groups excluding carboxylic acids is 2. The summed E-state index contributed by atoms with van der Waals surface area (Å²) in [7, 11) is 0. The van der Waals surface area contributed by atoms with Crippen LogP contribution in [0.1, 0.15) is 26.7 Å². The van der Waals surface area contributed by atoms with Crippen molar-refractivity contribution in [2.75, 3.05) is 18.5 Å². The molecule has 0 spiro atoms. The molecule has 0 unspecified atom stereocenters. The van der Waals surface area contributed by atoms with Gasteiger partial charge in [-0.25, -0.2) is 9.78 Å². The first-order valence-electron chi connectivity index (χ1n) is 6.71. The normalized spacial score (nSPS) is 18.4. The molecule has 1 atom stereocenters. The first-order chi connectivity index (χ1) is 9.58. The Morgan fingerprint density at radius 2 is 2.40 bits per heavy atom. The lowest BCUT2D eigenvalue weighted by Gasteiger charge is -2.23. The topological polar surface area (TPSA) is 71.5 Å². The second-order valence-electron chi connectivity index (χ2n) is 5.15. The van der Waals surface area contributed by atoms with Gasteiger partial charge in [0.2, 0.25) is 5.91 Å². The third-order valence-corrected chi connectivity index (χ3v) is 3.68. The molecule has 2 rings (SSSR count). The summed E-state index contributed by atoms with van der Waals surface area (Å²) in [6.07, 6.45) is 2.69. The van der Waals surface area contributed by atoms with E-state index in [-0.39, 0.29) is 11.8 Å². The summed E-state index contributed by atoms with van der Waals surface area (Å²) in [6, 6.07) is -0.460. The van der Waals surface area contributed by atoms with Crippen molar-refractivity contribution in [2.24, 2.45) is 5.92 Å². The molecule has 1 aromatic heterocycles. The van der Waals surface area contributed by atoms with Gasteiger partial charge in [0.1, 0.15) is 6.04 Å². The van der Waals surface area contributed by atoms with Crippen molar-refractivity contribution in [1.29, 1.82) is 0 Å². The zero-order chi connectivity index (χ0) is 14.5. The Balaban J connectivity index is 1.92. The number of hydrogen-bond acceptors (Lipinski definition) is 5. The number of nitrogens with one attached hydrogen (secondary N) is 1. The zero-order valence-electron chi connectivity index (χ0n) is 11.7. The molecule has 0 saturated carbocycles. The Morgan fingerprint density at radius 1 is 1.60 bits per heavy atom. The third kappa shape index (κ3) is 3.69.